The number of nitrogens with one attached hydrogen (secondary N) is 2. The predicted octanol–water partition coefficient (Wildman–Crippen LogP) is 3.21. The smallest absolute Gasteiger partial charge is 0.261 e. The number of amides is 1. The molecule has 2 N–H and O–H groups in total. The van der Waals surface area contributed by atoms with Crippen LogP contribution in [-0.2, 0) is 6.54 Å². The summed E-state index contributed by atoms with van der Waals surface area (Å²) in [4.78, 5) is 19.9. The molecule has 1 aromatic carbocycles. The van der Waals surface area contributed by atoms with Gasteiger partial charge in [-0.1, -0.05) is 0 Å². The van der Waals surface area contributed by atoms with Crippen molar-refractivity contribution in [3.63, 3.8) is 0 Å². The molecule has 34 heavy (non-hydrogen) atoms. The van der Waals surface area contributed by atoms with Gasteiger partial charge in [-0.15, -0.1) is 0 Å². The third kappa shape index (κ3) is 3.73. The highest BCUT2D eigenvalue weighted by Crippen LogP contribution is 2.37. The topological polar surface area (TPSA) is 88.7 Å². The van der Waals surface area contributed by atoms with Crippen LogP contribution in [0.25, 0.3) is 16.6 Å². The van der Waals surface area contributed by atoms with E-state index in [1.54, 1.807) is 30.8 Å². The molecule has 0 aliphatic carbocycles. The van der Waals surface area contributed by atoms with Gasteiger partial charge in [0.1, 0.15) is 16.8 Å². The Labute approximate surface area is 196 Å². The lowest BCUT2D eigenvalue weighted by Gasteiger charge is -2.21. The summed E-state index contributed by atoms with van der Waals surface area (Å²) in [5, 5.41) is 11.7. The van der Waals surface area contributed by atoms with E-state index in [2.05, 4.69) is 25.6 Å². The summed E-state index contributed by atoms with van der Waals surface area (Å²) < 4.78 is 23.6. The average Bonchev–Trinajstić information content (AvgIpc) is 3.55. The van der Waals surface area contributed by atoms with Crippen molar-refractivity contribution in [3.05, 3.63) is 47.8 Å². The van der Waals surface area contributed by atoms with Gasteiger partial charge in [0.25, 0.3) is 5.91 Å². The Balaban J connectivity index is 1.58. The second-order valence-corrected chi connectivity index (χ2v) is 8.58. The van der Waals surface area contributed by atoms with E-state index in [4.69, 9.17) is 4.74 Å². The van der Waals surface area contributed by atoms with Gasteiger partial charge in [0.05, 0.1) is 24.2 Å². The zero-order valence-electron chi connectivity index (χ0n) is 19.7. The van der Waals surface area contributed by atoms with Crippen LogP contribution in [0.5, 0.6) is 5.75 Å². The molecule has 4 heterocycles. The molecule has 0 unspecified atom stereocenters. The lowest BCUT2D eigenvalue weighted by atomic mass is 10.1. The minimum absolute atomic E-state index is 0.215. The highest BCUT2D eigenvalue weighted by molar-refractivity contribution is 6.16. The van der Waals surface area contributed by atoms with Crippen molar-refractivity contribution in [2.75, 3.05) is 37.5 Å². The summed E-state index contributed by atoms with van der Waals surface area (Å²) in [6.45, 7) is 6.22. The zero-order chi connectivity index (χ0) is 24.0. The van der Waals surface area contributed by atoms with Crippen molar-refractivity contribution in [2.24, 2.45) is 0 Å². The number of benzene rings is 1. The Morgan fingerprint density at radius 1 is 1.29 bits per heavy atom. The van der Waals surface area contributed by atoms with Crippen LogP contribution in [-0.4, -0.2) is 58.4 Å². The molecule has 0 radical (unpaired) electrons. The first-order valence-corrected chi connectivity index (χ1v) is 11.4. The molecule has 178 valence electrons. The summed E-state index contributed by atoms with van der Waals surface area (Å²) in [6.07, 6.45) is 6.35. The van der Waals surface area contributed by atoms with Crippen LogP contribution in [0.2, 0.25) is 0 Å². The molecule has 1 fully saturated rings. The molecule has 1 aliphatic rings. The standard InChI is InChI=1S/C24H28FN7O2/c1-5-32-13-17-19(30-7-6-15(11-30)26-3)9-20(34-4)21(22(17)29-32)24(33)28-16-8-18(25)23-27-14(2)10-31(23)12-16/h8-10,12-13,15,26H,5-7,11H2,1-4H3,(H,28,33)/t15-/m0/s1. The molecule has 3 aromatic heterocycles. The number of pyridine rings is 1. The average molecular weight is 466 g/mol. The maximum Gasteiger partial charge on any atom is 0.261 e. The molecule has 0 spiro atoms. The summed E-state index contributed by atoms with van der Waals surface area (Å²) in [5.74, 6) is -0.504. The number of fused-ring (bicyclic) bond motifs is 2. The van der Waals surface area contributed by atoms with Crippen LogP contribution >= 0.6 is 0 Å². The highest BCUT2D eigenvalue weighted by atomic mass is 19.1. The fourth-order valence-electron chi connectivity index (χ4n) is 4.64. The summed E-state index contributed by atoms with van der Waals surface area (Å²) >= 11 is 0. The largest absolute Gasteiger partial charge is 0.496 e. The van der Waals surface area contributed by atoms with E-state index in [0.29, 0.717) is 40.8 Å². The molecule has 1 aliphatic heterocycles. The number of carbonyl (C=O) groups is 1. The van der Waals surface area contributed by atoms with Gasteiger partial charge < -0.3 is 24.7 Å². The first kappa shape index (κ1) is 22.1. The molecule has 0 saturated carbocycles. The monoisotopic (exact) mass is 465 g/mol. The quantitative estimate of drug-likeness (QED) is 0.455. The number of halogens is 1. The van der Waals surface area contributed by atoms with Crippen molar-refractivity contribution in [3.8, 4) is 5.75 Å². The van der Waals surface area contributed by atoms with Gasteiger partial charge >= 0.3 is 0 Å². The van der Waals surface area contributed by atoms with E-state index >= 15 is 0 Å². The molecule has 9 nitrogen and oxygen atoms in total. The van der Waals surface area contributed by atoms with Gasteiger partial charge in [0.15, 0.2) is 11.5 Å². The van der Waals surface area contributed by atoms with Crippen molar-refractivity contribution in [1.29, 1.82) is 0 Å². The van der Waals surface area contributed by atoms with Crippen LogP contribution in [0.3, 0.4) is 0 Å². The molecular formula is C24H28FN7O2. The Morgan fingerprint density at radius 2 is 2.12 bits per heavy atom. The Morgan fingerprint density at radius 3 is 2.82 bits per heavy atom. The Hall–Kier alpha value is -3.66. The number of imidazole rings is 1. The van der Waals surface area contributed by atoms with E-state index in [1.165, 1.54) is 6.07 Å². The molecule has 10 heteroatoms. The number of rotatable bonds is 6. The van der Waals surface area contributed by atoms with Gasteiger partial charge in [0.2, 0.25) is 0 Å². The van der Waals surface area contributed by atoms with E-state index in [9.17, 15) is 9.18 Å². The number of aromatic nitrogens is 4. The number of aryl methyl sites for hydroxylation is 2. The normalized spacial score (nSPS) is 16.0. The zero-order valence-corrected chi connectivity index (χ0v) is 19.7. The third-order valence-corrected chi connectivity index (χ3v) is 6.38. The molecule has 1 atom stereocenters. The summed E-state index contributed by atoms with van der Waals surface area (Å²) in [5.41, 5.74) is 3.09. The van der Waals surface area contributed by atoms with Crippen molar-refractivity contribution in [2.45, 2.75) is 32.9 Å². The number of anilines is 2. The van der Waals surface area contributed by atoms with E-state index in [-0.39, 0.29) is 5.65 Å². The van der Waals surface area contributed by atoms with Crippen molar-refractivity contribution < 1.29 is 13.9 Å². The maximum absolute atomic E-state index is 14.6. The first-order valence-electron chi connectivity index (χ1n) is 11.4. The maximum atomic E-state index is 14.6. The number of likely N-dealkylation sites (N-methyl/N-ethyl adjacent to an activating group) is 1. The minimum Gasteiger partial charge on any atom is -0.496 e. The fraction of sp³-hybridized carbons (Fsp3) is 0.375. The second-order valence-electron chi connectivity index (χ2n) is 8.58. The summed E-state index contributed by atoms with van der Waals surface area (Å²) in [6, 6.07) is 3.58. The minimum atomic E-state index is -0.512. The molecule has 1 amide bonds. The van der Waals surface area contributed by atoms with Crippen LogP contribution in [0, 0.1) is 12.7 Å². The Kier molecular flexibility index (Phi) is 5.60. The number of ether oxygens (including phenoxy) is 1. The van der Waals surface area contributed by atoms with Crippen molar-refractivity contribution >= 4 is 33.8 Å². The first-order chi connectivity index (χ1) is 16.4. The van der Waals surface area contributed by atoms with Crippen molar-refractivity contribution in [1.82, 2.24) is 24.5 Å². The predicted molar refractivity (Wildman–Crippen MR) is 129 cm³/mol. The number of hydrogen-bond acceptors (Lipinski definition) is 6. The Bertz CT molecular complexity index is 1390. The van der Waals surface area contributed by atoms with Crippen LogP contribution in [0.4, 0.5) is 15.8 Å². The fourth-order valence-corrected chi connectivity index (χ4v) is 4.64. The van der Waals surface area contributed by atoms with Crippen LogP contribution in [0.15, 0.2) is 30.7 Å². The number of nitrogens with zero attached hydrogens (tertiary/aromatic N) is 5. The van der Waals surface area contributed by atoms with Crippen LogP contribution in [0.1, 0.15) is 29.4 Å². The SMILES string of the molecule is CCn1cc2c(N3CC[C@H](NC)C3)cc(OC)c(C(=O)Nc3cc(F)c4nc(C)cn4c3)c2n1. The lowest BCUT2D eigenvalue weighted by Crippen LogP contribution is -2.29. The summed E-state index contributed by atoms with van der Waals surface area (Å²) in [7, 11) is 3.51. The molecule has 1 saturated heterocycles. The van der Waals surface area contributed by atoms with E-state index in [0.717, 1.165) is 30.6 Å². The van der Waals surface area contributed by atoms with Gasteiger partial charge in [-0.2, -0.15) is 5.10 Å². The molecule has 5 rings (SSSR count). The molecular weight excluding hydrogens is 437 g/mol. The van der Waals surface area contributed by atoms with Gasteiger partial charge in [0, 0.05) is 61.8 Å². The van der Waals surface area contributed by atoms with Gasteiger partial charge in [-0.25, -0.2) is 9.37 Å². The van der Waals surface area contributed by atoms with Gasteiger partial charge in [-0.05, 0) is 27.3 Å². The number of methoxy groups -OCH3 is 1. The third-order valence-electron chi connectivity index (χ3n) is 6.38. The van der Waals surface area contributed by atoms with Crippen LogP contribution < -0.4 is 20.3 Å². The highest BCUT2D eigenvalue weighted by Gasteiger charge is 2.28. The van der Waals surface area contributed by atoms with E-state index in [1.807, 2.05) is 30.9 Å². The lowest BCUT2D eigenvalue weighted by molar-refractivity contribution is 0.102. The molecule has 0 bridgehead atoms. The second kappa shape index (κ2) is 8.60. The number of carbonyl (C=O) groups excluding carboxylic acids is 1. The van der Waals surface area contributed by atoms with E-state index < -0.39 is 11.7 Å². The number of hydrogen-bond donors (Lipinski definition) is 2. The van der Waals surface area contributed by atoms with Gasteiger partial charge in [-0.3, -0.25) is 9.48 Å². The molecule has 4 aromatic rings.